The molecule has 0 N–H and O–H groups in total. The average molecular weight is 485 g/mol. The molecule has 0 aliphatic carbocycles. The molecular formula is C27H34F2N4O2. The molecule has 188 valence electrons. The lowest BCUT2D eigenvalue weighted by molar-refractivity contribution is -0.135. The first-order chi connectivity index (χ1) is 16.8. The number of aryl methyl sites for hydroxylation is 1. The summed E-state index contributed by atoms with van der Waals surface area (Å²) in [6, 6.07) is 7.34. The number of piperidine rings is 1. The third-order valence-corrected chi connectivity index (χ3v) is 7.24. The summed E-state index contributed by atoms with van der Waals surface area (Å²) in [6.45, 7) is 6.66. The van der Waals surface area contributed by atoms with E-state index in [-0.39, 0.29) is 11.9 Å². The average Bonchev–Trinajstić information content (AvgIpc) is 3.02. The number of urea groups is 1. The lowest BCUT2D eigenvalue weighted by atomic mass is 9.85. The van der Waals surface area contributed by atoms with Crippen LogP contribution in [0, 0.1) is 17.6 Å². The number of nitrogens with zero attached hydrogens (tertiary/aromatic N) is 4. The largest absolute Gasteiger partial charge is 0.327 e. The van der Waals surface area contributed by atoms with E-state index in [4.69, 9.17) is 0 Å². The van der Waals surface area contributed by atoms with Crippen LogP contribution in [0.2, 0.25) is 0 Å². The van der Waals surface area contributed by atoms with Crippen molar-refractivity contribution in [2.45, 2.75) is 58.0 Å². The maximum Gasteiger partial charge on any atom is 0.327 e. The van der Waals surface area contributed by atoms with Crippen LogP contribution in [0.3, 0.4) is 0 Å². The number of carbonyl (C=O) groups excluding carboxylic acids is 2. The molecule has 2 fully saturated rings. The van der Waals surface area contributed by atoms with E-state index in [0.29, 0.717) is 63.5 Å². The lowest BCUT2D eigenvalue weighted by Crippen LogP contribution is -2.56. The van der Waals surface area contributed by atoms with Crippen molar-refractivity contribution < 1.29 is 18.4 Å². The Hall–Kier alpha value is -2.87. The van der Waals surface area contributed by atoms with Gasteiger partial charge in [0.2, 0.25) is 0 Å². The maximum absolute atomic E-state index is 14.2. The fraction of sp³-hybridized carbons (Fsp3) is 0.519. The zero-order valence-corrected chi connectivity index (χ0v) is 20.6. The van der Waals surface area contributed by atoms with Crippen molar-refractivity contribution in [3.63, 3.8) is 0 Å². The number of likely N-dealkylation sites (tertiary alicyclic amines) is 1. The number of imide groups is 1. The molecule has 1 aromatic heterocycles. The van der Waals surface area contributed by atoms with Crippen molar-refractivity contribution in [1.29, 1.82) is 0 Å². The van der Waals surface area contributed by atoms with Gasteiger partial charge in [0, 0.05) is 56.7 Å². The smallest absolute Gasteiger partial charge is 0.309 e. The van der Waals surface area contributed by atoms with Gasteiger partial charge in [-0.15, -0.1) is 0 Å². The molecule has 6 nitrogen and oxygen atoms in total. The number of rotatable bonds is 9. The number of amides is 3. The van der Waals surface area contributed by atoms with Gasteiger partial charge in [0.1, 0.15) is 17.2 Å². The minimum Gasteiger partial charge on any atom is -0.309 e. The summed E-state index contributed by atoms with van der Waals surface area (Å²) < 4.78 is 27.4. The third-order valence-electron chi connectivity index (χ3n) is 7.24. The summed E-state index contributed by atoms with van der Waals surface area (Å²) in [5.41, 5.74) is 0.734. The molecule has 4 rings (SSSR count). The molecule has 3 amide bonds. The van der Waals surface area contributed by atoms with Crippen LogP contribution in [0.5, 0.6) is 0 Å². The van der Waals surface area contributed by atoms with Gasteiger partial charge in [0.05, 0.1) is 0 Å². The molecular weight excluding hydrogens is 450 g/mol. The monoisotopic (exact) mass is 484 g/mol. The van der Waals surface area contributed by atoms with E-state index in [0.717, 1.165) is 24.5 Å². The molecule has 35 heavy (non-hydrogen) atoms. The zero-order valence-electron chi connectivity index (χ0n) is 20.6. The van der Waals surface area contributed by atoms with Crippen molar-refractivity contribution in [2.24, 2.45) is 5.92 Å². The number of aromatic nitrogens is 1. The van der Waals surface area contributed by atoms with Crippen molar-refractivity contribution >= 4 is 11.9 Å². The van der Waals surface area contributed by atoms with Gasteiger partial charge in [0.25, 0.3) is 5.91 Å². The van der Waals surface area contributed by atoms with E-state index in [1.807, 2.05) is 12.1 Å². The van der Waals surface area contributed by atoms with Crippen molar-refractivity contribution in [3.8, 4) is 0 Å². The van der Waals surface area contributed by atoms with E-state index in [1.54, 1.807) is 17.3 Å². The zero-order chi connectivity index (χ0) is 25.0. The van der Waals surface area contributed by atoms with E-state index in [9.17, 15) is 18.4 Å². The number of hydrogen-bond donors (Lipinski definition) is 0. The first kappa shape index (κ1) is 25.2. The molecule has 2 aliphatic rings. The van der Waals surface area contributed by atoms with E-state index >= 15 is 0 Å². The summed E-state index contributed by atoms with van der Waals surface area (Å²) >= 11 is 0. The second-order valence-corrected chi connectivity index (χ2v) is 10.1. The van der Waals surface area contributed by atoms with Crippen LogP contribution in [0.25, 0.3) is 0 Å². The first-order valence-corrected chi connectivity index (χ1v) is 12.5. The molecule has 0 bridgehead atoms. The fourth-order valence-corrected chi connectivity index (χ4v) is 5.12. The molecule has 2 aromatic rings. The second kappa shape index (κ2) is 10.8. The second-order valence-electron chi connectivity index (χ2n) is 10.1. The quantitative estimate of drug-likeness (QED) is 0.487. The Morgan fingerprint density at radius 2 is 1.74 bits per heavy atom. The van der Waals surface area contributed by atoms with Gasteiger partial charge in [-0.05, 0) is 61.8 Å². The summed E-state index contributed by atoms with van der Waals surface area (Å²) in [5, 5.41) is 0. The Bertz CT molecular complexity index is 1040. The molecule has 3 heterocycles. The van der Waals surface area contributed by atoms with E-state index in [1.165, 1.54) is 17.0 Å². The highest BCUT2D eigenvalue weighted by atomic mass is 19.1. The normalized spacial score (nSPS) is 18.3. The van der Waals surface area contributed by atoms with Crippen LogP contribution in [0.15, 0.2) is 42.7 Å². The highest BCUT2D eigenvalue weighted by Crippen LogP contribution is 2.38. The molecule has 8 heteroatoms. The van der Waals surface area contributed by atoms with Gasteiger partial charge in [-0.1, -0.05) is 19.9 Å². The van der Waals surface area contributed by atoms with Crippen LogP contribution in [0.4, 0.5) is 13.6 Å². The van der Waals surface area contributed by atoms with E-state index < -0.39 is 17.2 Å². The summed E-state index contributed by atoms with van der Waals surface area (Å²) in [6.07, 6.45) is 6.82. The molecule has 1 aromatic carbocycles. The van der Waals surface area contributed by atoms with Gasteiger partial charge in [-0.2, -0.15) is 0 Å². The third kappa shape index (κ3) is 5.53. The van der Waals surface area contributed by atoms with Crippen LogP contribution in [-0.4, -0.2) is 63.3 Å². The van der Waals surface area contributed by atoms with E-state index in [2.05, 4.69) is 23.7 Å². The number of pyridine rings is 1. The Labute approximate surface area is 205 Å². The highest BCUT2D eigenvalue weighted by Gasteiger charge is 2.57. The maximum atomic E-state index is 14.2. The Morgan fingerprint density at radius 1 is 1.03 bits per heavy atom. The van der Waals surface area contributed by atoms with Crippen LogP contribution < -0.4 is 0 Å². The molecule has 0 unspecified atom stereocenters. The van der Waals surface area contributed by atoms with Crippen molar-refractivity contribution in [2.75, 3.05) is 26.2 Å². The Balaban J connectivity index is 1.44. The fourth-order valence-electron chi connectivity index (χ4n) is 5.12. The summed E-state index contributed by atoms with van der Waals surface area (Å²) in [5.74, 6) is -0.842. The predicted molar refractivity (Wildman–Crippen MR) is 129 cm³/mol. The number of carbonyl (C=O) groups is 2. The minimum absolute atomic E-state index is 0.103. The van der Waals surface area contributed by atoms with Crippen LogP contribution >= 0.6 is 0 Å². The van der Waals surface area contributed by atoms with Crippen LogP contribution in [0.1, 0.15) is 50.7 Å². The molecule has 2 aliphatic heterocycles. The van der Waals surface area contributed by atoms with Gasteiger partial charge >= 0.3 is 6.03 Å². The summed E-state index contributed by atoms with van der Waals surface area (Å²) in [7, 11) is 0. The first-order valence-electron chi connectivity index (χ1n) is 12.5. The molecule has 0 saturated carbocycles. The Kier molecular flexibility index (Phi) is 7.79. The molecule has 0 atom stereocenters. The minimum atomic E-state index is -0.833. The standard InChI is InChI=1S/C27H34F2N4O2/c1-20(2)9-15-33-26(35)32(14-3-4-21-7-12-30-13-8-21)25(34)27(33)10-16-31(17-11-27)19-22-5-6-23(28)18-24(22)29/h5-8,12-13,18,20H,3-4,9-11,14-17,19H2,1-2H3. The van der Waals surface area contributed by atoms with Gasteiger partial charge in [-0.3, -0.25) is 19.6 Å². The topological polar surface area (TPSA) is 56.8 Å². The summed E-state index contributed by atoms with van der Waals surface area (Å²) in [4.78, 5) is 36.4. The van der Waals surface area contributed by atoms with Gasteiger partial charge in [0.15, 0.2) is 0 Å². The SMILES string of the molecule is CC(C)CCN1C(=O)N(CCCc2ccncc2)C(=O)C12CCN(Cc1ccc(F)cc1F)CC2. The van der Waals surface area contributed by atoms with Crippen molar-refractivity contribution in [3.05, 3.63) is 65.5 Å². The molecule has 0 radical (unpaired) electrons. The number of benzene rings is 1. The predicted octanol–water partition coefficient (Wildman–Crippen LogP) is 4.64. The molecule has 2 saturated heterocycles. The lowest BCUT2D eigenvalue weighted by Gasteiger charge is -2.42. The highest BCUT2D eigenvalue weighted by molar-refractivity contribution is 6.07. The van der Waals surface area contributed by atoms with Crippen molar-refractivity contribution in [1.82, 2.24) is 19.7 Å². The van der Waals surface area contributed by atoms with Gasteiger partial charge in [-0.25, -0.2) is 13.6 Å². The van der Waals surface area contributed by atoms with Crippen LogP contribution in [-0.2, 0) is 17.8 Å². The Morgan fingerprint density at radius 3 is 2.40 bits per heavy atom. The van der Waals surface area contributed by atoms with Gasteiger partial charge < -0.3 is 4.90 Å². The number of hydrogen-bond acceptors (Lipinski definition) is 4. The number of halogens is 2. The molecule has 1 spiro atoms.